The first-order valence-electron chi connectivity index (χ1n) is 8.71. The lowest BCUT2D eigenvalue weighted by Gasteiger charge is -2.41. The number of rotatable bonds is 2. The maximum absolute atomic E-state index is 13.9. The molecule has 1 aromatic heterocycles. The van der Waals surface area contributed by atoms with Gasteiger partial charge in [0.25, 0.3) is 0 Å². The van der Waals surface area contributed by atoms with Gasteiger partial charge >= 0.3 is 11.7 Å². The first-order valence-corrected chi connectivity index (χ1v) is 8.71. The summed E-state index contributed by atoms with van der Waals surface area (Å²) in [5.41, 5.74) is -1.39. The van der Waals surface area contributed by atoms with Crippen molar-refractivity contribution in [3.63, 3.8) is 0 Å². The number of esters is 1. The van der Waals surface area contributed by atoms with E-state index in [2.05, 4.69) is 5.10 Å². The molecular weight excluding hydrogens is 363 g/mol. The molecule has 2 aliphatic heterocycles. The van der Waals surface area contributed by atoms with E-state index in [0.717, 1.165) is 4.68 Å². The van der Waals surface area contributed by atoms with Crippen LogP contribution in [0.25, 0.3) is 0 Å². The third-order valence-corrected chi connectivity index (χ3v) is 5.19. The van der Waals surface area contributed by atoms with Gasteiger partial charge in [0.1, 0.15) is 23.3 Å². The first kappa shape index (κ1) is 17.8. The van der Waals surface area contributed by atoms with Gasteiger partial charge in [-0.05, 0) is 38.7 Å². The fourth-order valence-electron chi connectivity index (χ4n) is 4.06. The van der Waals surface area contributed by atoms with Crippen LogP contribution in [0.5, 0.6) is 0 Å². The molecule has 4 rings (SSSR count). The summed E-state index contributed by atoms with van der Waals surface area (Å²) >= 11 is 0. The van der Waals surface area contributed by atoms with E-state index < -0.39 is 40.8 Å². The van der Waals surface area contributed by atoms with Crippen molar-refractivity contribution in [3.8, 4) is 0 Å². The van der Waals surface area contributed by atoms with Crippen molar-refractivity contribution in [2.24, 2.45) is 5.92 Å². The molecule has 0 N–H and O–H groups in total. The summed E-state index contributed by atoms with van der Waals surface area (Å²) in [4.78, 5) is 25.3. The molecule has 0 radical (unpaired) electrons. The molecule has 1 aromatic carbocycles. The third kappa shape index (κ3) is 2.94. The number of hydrogen-bond acceptors (Lipinski definition) is 4. The largest absolute Gasteiger partial charge is 0.458 e. The van der Waals surface area contributed by atoms with Crippen LogP contribution >= 0.6 is 0 Å². The molecular formula is C18H18F3N3O3. The molecule has 1 fully saturated rings. The number of halogens is 3. The maximum atomic E-state index is 13.9. The minimum absolute atomic E-state index is 0.0518. The van der Waals surface area contributed by atoms with Gasteiger partial charge in [-0.25, -0.2) is 27.4 Å². The predicted molar refractivity (Wildman–Crippen MR) is 87.5 cm³/mol. The molecule has 0 amide bonds. The van der Waals surface area contributed by atoms with Crippen LogP contribution in [0.1, 0.15) is 44.1 Å². The van der Waals surface area contributed by atoms with E-state index >= 15 is 0 Å². The Morgan fingerprint density at radius 2 is 1.89 bits per heavy atom. The highest BCUT2D eigenvalue weighted by Gasteiger charge is 2.47. The smallest absolute Gasteiger partial charge is 0.347 e. The highest BCUT2D eigenvalue weighted by atomic mass is 19.2. The average molecular weight is 381 g/mol. The fraction of sp³-hybridized carbons (Fsp3) is 0.500. The van der Waals surface area contributed by atoms with Gasteiger partial charge in [-0.2, -0.15) is 5.10 Å². The summed E-state index contributed by atoms with van der Waals surface area (Å²) in [5.74, 6) is -3.61. The molecule has 9 heteroatoms. The molecule has 0 saturated carbocycles. The Kier molecular flexibility index (Phi) is 3.94. The minimum atomic E-state index is -1.30. The quantitative estimate of drug-likeness (QED) is 0.592. The predicted octanol–water partition coefficient (Wildman–Crippen LogP) is 2.34. The topological polar surface area (TPSA) is 66.1 Å². The van der Waals surface area contributed by atoms with E-state index in [1.165, 1.54) is 4.57 Å². The number of aryl methyl sites for hydroxylation is 1. The number of aromatic nitrogens is 3. The summed E-state index contributed by atoms with van der Waals surface area (Å²) in [6.45, 7) is 3.29. The number of carbonyl (C=O) groups is 1. The van der Waals surface area contributed by atoms with E-state index in [1.54, 1.807) is 0 Å². The Morgan fingerprint density at radius 3 is 2.63 bits per heavy atom. The van der Waals surface area contributed by atoms with Gasteiger partial charge in [0, 0.05) is 18.1 Å². The van der Waals surface area contributed by atoms with Gasteiger partial charge in [-0.1, -0.05) is 0 Å². The van der Waals surface area contributed by atoms with Crippen LogP contribution in [-0.2, 0) is 22.5 Å². The molecule has 0 aliphatic carbocycles. The highest BCUT2D eigenvalue weighted by molar-refractivity contribution is 5.76. The molecule has 2 unspecified atom stereocenters. The lowest BCUT2D eigenvalue weighted by Crippen LogP contribution is -2.49. The first-order chi connectivity index (χ1) is 12.7. The number of nitrogens with zero attached hydrogens (tertiary/aromatic N) is 3. The summed E-state index contributed by atoms with van der Waals surface area (Å²) in [7, 11) is 0. The van der Waals surface area contributed by atoms with Crippen molar-refractivity contribution >= 4 is 5.97 Å². The van der Waals surface area contributed by atoms with Crippen molar-refractivity contribution < 1.29 is 22.7 Å². The summed E-state index contributed by atoms with van der Waals surface area (Å²) in [6, 6.07) is 0.371. The highest BCUT2D eigenvalue weighted by Crippen LogP contribution is 2.41. The van der Waals surface area contributed by atoms with Gasteiger partial charge in [-0.3, -0.25) is 4.57 Å². The standard InChI is InChI=1S/C18H18F3N3O3/c1-18(2)7-9-3-4-14-22-23(17(26)24(14)15(9)16(25)27-18)8-10-5-12(20)13(21)6-11(10)19/h5-6,9,15H,3-4,7-8H2,1-2H3. The zero-order valence-corrected chi connectivity index (χ0v) is 14.8. The molecule has 2 aliphatic rings. The van der Waals surface area contributed by atoms with Gasteiger partial charge in [0.05, 0.1) is 6.54 Å². The average Bonchev–Trinajstić information content (AvgIpc) is 2.87. The molecule has 1 saturated heterocycles. The van der Waals surface area contributed by atoms with E-state index in [1.807, 2.05) is 13.8 Å². The fourth-order valence-corrected chi connectivity index (χ4v) is 4.06. The Morgan fingerprint density at radius 1 is 1.19 bits per heavy atom. The van der Waals surface area contributed by atoms with Crippen LogP contribution in [0.15, 0.2) is 16.9 Å². The van der Waals surface area contributed by atoms with Gasteiger partial charge in [0.15, 0.2) is 11.6 Å². The number of ether oxygens (including phenoxy) is 1. The molecule has 144 valence electrons. The molecule has 2 atom stereocenters. The Balaban J connectivity index is 1.71. The Bertz CT molecular complexity index is 996. The Labute approximate surface area is 152 Å². The molecule has 0 spiro atoms. The van der Waals surface area contributed by atoms with E-state index in [4.69, 9.17) is 4.74 Å². The van der Waals surface area contributed by atoms with Crippen molar-refractivity contribution in [1.82, 2.24) is 14.3 Å². The summed E-state index contributed by atoms with van der Waals surface area (Å²) in [6.07, 6.45) is 1.80. The van der Waals surface area contributed by atoms with Gasteiger partial charge in [0.2, 0.25) is 0 Å². The van der Waals surface area contributed by atoms with Gasteiger partial charge in [-0.15, -0.1) is 0 Å². The lowest BCUT2D eigenvalue weighted by molar-refractivity contribution is -0.175. The molecule has 0 bridgehead atoms. The van der Waals surface area contributed by atoms with E-state index in [-0.39, 0.29) is 18.0 Å². The number of hydrogen-bond donors (Lipinski definition) is 0. The number of fused-ring (bicyclic) bond motifs is 3. The molecule has 27 heavy (non-hydrogen) atoms. The summed E-state index contributed by atoms with van der Waals surface area (Å²) < 4.78 is 48.1. The second-order valence-corrected chi connectivity index (χ2v) is 7.71. The van der Waals surface area contributed by atoms with Crippen LogP contribution in [0.4, 0.5) is 13.2 Å². The molecule has 3 heterocycles. The van der Waals surface area contributed by atoms with Crippen LogP contribution in [0, 0.1) is 23.4 Å². The van der Waals surface area contributed by atoms with Crippen LogP contribution in [0.3, 0.4) is 0 Å². The second kappa shape index (κ2) is 5.97. The van der Waals surface area contributed by atoms with Gasteiger partial charge < -0.3 is 4.74 Å². The lowest BCUT2D eigenvalue weighted by atomic mass is 9.80. The normalized spacial score (nSPS) is 23.5. The number of cyclic esters (lactones) is 1. The van der Waals surface area contributed by atoms with E-state index in [0.29, 0.717) is 37.2 Å². The minimum Gasteiger partial charge on any atom is -0.458 e. The monoisotopic (exact) mass is 381 g/mol. The van der Waals surface area contributed by atoms with Crippen LogP contribution in [0.2, 0.25) is 0 Å². The van der Waals surface area contributed by atoms with E-state index in [9.17, 15) is 22.8 Å². The molecule has 2 aromatic rings. The zero-order valence-electron chi connectivity index (χ0n) is 14.8. The van der Waals surface area contributed by atoms with Crippen molar-refractivity contribution in [2.75, 3.05) is 0 Å². The van der Waals surface area contributed by atoms with Crippen molar-refractivity contribution in [3.05, 3.63) is 51.5 Å². The van der Waals surface area contributed by atoms with Crippen molar-refractivity contribution in [2.45, 2.75) is 51.3 Å². The zero-order chi connectivity index (χ0) is 19.5. The van der Waals surface area contributed by atoms with Crippen LogP contribution < -0.4 is 5.69 Å². The summed E-state index contributed by atoms with van der Waals surface area (Å²) in [5, 5.41) is 4.18. The van der Waals surface area contributed by atoms with Crippen molar-refractivity contribution in [1.29, 1.82) is 0 Å². The second-order valence-electron chi connectivity index (χ2n) is 7.71. The maximum Gasteiger partial charge on any atom is 0.347 e. The van der Waals surface area contributed by atoms with Crippen LogP contribution in [-0.4, -0.2) is 25.9 Å². The number of carbonyl (C=O) groups excluding carboxylic acids is 1. The Hall–Kier alpha value is -2.58. The molecule has 6 nitrogen and oxygen atoms in total. The third-order valence-electron chi connectivity index (χ3n) is 5.19. The number of benzene rings is 1. The SMILES string of the molecule is CC1(C)CC2CCc3nn(Cc4cc(F)c(F)cc4F)c(=O)n3C2C(=O)O1.